The quantitative estimate of drug-likeness (QED) is 0.178. The van der Waals surface area contributed by atoms with Crippen LogP contribution in [-0.2, 0) is 0 Å². The second kappa shape index (κ2) is 11.5. The fraction of sp³-hybridized carbons (Fsp3) is 0. The van der Waals surface area contributed by atoms with E-state index in [9.17, 15) is 0 Å². The molecule has 258 valence electrons. The molecule has 0 aliphatic heterocycles. The van der Waals surface area contributed by atoms with Gasteiger partial charge in [0.15, 0.2) is 11.2 Å². The van der Waals surface area contributed by atoms with Gasteiger partial charge >= 0.3 is 0 Å². The maximum atomic E-state index is 6.75. The average molecular weight is 708 g/mol. The van der Waals surface area contributed by atoms with Gasteiger partial charge in [0.05, 0.1) is 27.8 Å². The SMILES string of the molecule is c1ccc(-c2nc3ccc4oc5ccc(N(c6cccc7c6oc6ccccc67)c6cccc7c8ccccc8n(-c8ccccc8)c67)cc5c4c3o2)cc1. The van der Waals surface area contributed by atoms with Crippen LogP contribution in [0.25, 0.3) is 93.9 Å². The number of fused-ring (bicyclic) bond motifs is 11. The number of hydrogen-bond donors (Lipinski definition) is 0. The smallest absolute Gasteiger partial charge is 0.227 e. The Hall–Kier alpha value is -7.57. The first-order chi connectivity index (χ1) is 27.3. The molecule has 0 aliphatic rings. The molecule has 0 saturated carbocycles. The van der Waals surface area contributed by atoms with E-state index in [-0.39, 0.29) is 0 Å². The standard InChI is InChI=1S/C49H29N3O3/c1-3-13-30(14-4-1)49-50-38-26-28-44-45(48(38)55-49)37-29-32(25-27-43(37)53-44)51(41-23-12-20-36-34-18-8-10-24-42(34)54-47(36)41)40-22-11-19-35-33-17-7-9-21-39(33)52(46(35)40)31-15-5-2-6-16-31/h1-29H. The number of benzene rings is 8. The van der Waals surface area contributed by atoms with Crippen molar-refractivity contribution in [3.63, 3.8) is 0 Å². The number of rotatable bonds is 5. The summed E-state index contributed by atoms with van der Waals surface area (Å²) in [6.45, 7) is 0. The van der Waals surface area contributed by atoms with Crippen molar-refractivity contribution in [2.45, 2.75) is 0 Å². The van der Waals surface area contributed by atoms with Crippen molar-refractivity contribution in [2.75, 3.05) is 4.90 Å². The molecule has 0 unspecified atom stereocenters. The summed E-state index contributed by atoms with van der Waals surface area (Å²) < 4.78 is 22.2. The molecule has 6 nitrogen and oxygen atoms in total. The van der Waals surface area contributed by atoms with Crippen molar-refractivity contribution in [3.05, 3.63) is 176 Å². The third-order valence-corrected chi connectivity index (χ3v) is 10.8. The lowest BCUT2D eigenvalue weighted by Crippen LogP contribution is -2.12. The van der Waals surface area contributed by atoms with Gasteiger partial charge < -0.3 is 22.7 Å². The zero-order chi connectivity index (χ0) is 36.0. The zero-order valence-electron chi connectivity index (χ0n) is 29.3. The van der Waals surface area contributed by atoms with Gasteiger partial charge in [-0.25, -0.2) is 4.98 Å². The first-order valence-corrected chi connectivity index (χ1v) is 18.4. The summed E-state index contributed by atoms with van der Waals surface area (Å²) in [7, 11) is 0. The number of anilines is 3. The number of furan rings is 2. The Labute approximate surface area is 313 Å². The normalized spacial score (nSPS) is 12.0. The molecule has 4 aromatic heterocycles. The molecule has 55 heavy (non-hydrogen) atoms. The first-order valence-electron chi connectivity index (χ1n) is 18.4. The van der Waals surface area contributed by atoms with Crippen molar-refractivity contribution in [3.8, 4) is 17.1 Å². The van der Waals surface area contributed by atoms with E-state index >= 15 is 0 Å². The molecule has 0 fully saturated rings. The van der Waals surface area contributed by atoms with Crippen LogP contribution in [0.1, 0.15) is 0 Å². The van der Waals surface area contributed by atoms with Crippen LogP contribution in [0.15, 0.2) is 189 Å². The topological polar surface area (TPSA) is 60.5 Å². The number of oxazole rings is 1. The van der Waals surface area contributed by atoms with Crippen molar-refractivity contribution in [1.29, 1.82) is 0 Å². The Kier molecular flexibility index (Phi) is 6.24. The van der Waals surface area contributed by atoms with E-state index in [0.29, 0.717) is 11.5 Å². The van der Waals surface area contributed by atoms with Crippen LogP contribution in [0.3, 0.4) is 0 Å². The monoisotopic (exact) mass is 707 g/mol. The molecule has 0 N–H and O–H groups in total. The predicted molar refractivity (Wildman–Crippen MR) is 223 cm³/mol. The van der Waals surface area contributed by atoms with Crippen LogP contribution in [-0.4, -0.2) is 9.55 Å². The van der Waals surface area contributed by atoms with Gasteiger partial charge in [0.1, 0.15) is 22.3 Å². The summed E-state index contributed by atoms with van der Waals surface area (Å²) in [5.74, 6) is 0.576. The number of aromatic nitrogens is 2. The summed E-state index contributed by atoms with van der Waals surface area (Å²) in [5, 5.41) is 6.30. The maximum absolute atomic E-state index is 6.75. The molecule has 0 amide bonds. The van der Waals surface area contributed by atoms with Crippen molar-refractivity contribution in [2.24, 2.45) is 0 Å². The van der Waals surface area contributed by atoms with Gasteiger partial charge in [0.2, 0.25) is 5.89 Å². The second-order valence-electron chi connectivity index (χ2n) is 13.9. The molecule has 12 aromatic rings. The van der Waals surface area contributed by atoms with E-state index < -0.39 is 0 Å². The summed E-state index contributed by atoms with van der Waals surface area (Å²) in [5.41, 5.74) is 11.8. The molecule has 0 saturated heterocycles. The van der Waals surface area contributed by atoms with Crippen LogP contribution in [0.4, 0.5) is 17.1 Å². The Morgan fingerprint density at radius 2 is 1.15 bits per heavy atom. The average Bonchev–Trinajstić information content (AvgIpc) is 4.02. The lowest BCUT2D eigenvalue weighted by atomic mass is 10.1. The Balaban J connectivity index is 1.19. The summed E-state index contributed by atoms with van der Waals surface area (Å²) in [6, 6.07) is 60.8. The van der Waals surface area contributed by atoms with Gasteiger partial charge in [-0.3, -0.25) is 0 Å². The molecule has 6 heteroatoms. The van der Waals surface area contributed by atoms with E-state index in [2.05, 4.69) is 131 Å². The van der Waals surface area contributed by atoms with Crippen LogP contribution in [0.5, 0.6) is 0 Å². The lowest BCUT2D eigenvalue weighted by Gasteiger charge is -2.27. The number of para-hydroxylation sites is 5. The van der Waals surface area contributed by atoms with Gasteiger partial charge in [-0.1, -0.05) is 97.1 Å². The van der Waals surface area contributed by atoms with Gasteiger partial charge in [-0.15, -0.1) is 0 Å². The number of nitrogens with zero attached hydrogens (tertiary/aromatic N) is 3. The fourth-order valence-corrected chi connectivity index (χ4v) is 8.42. The van der Waals surface area contributed by atoms with Gasteiger partial charge in [-0.05, 0) is 78.9 Å². The van der Waals surface area contributed by atoms with E-state index in [1.807, 2.05) is 54.6 Å². The van der Waals surface area contributed by atoms with E-state index in [1.165, 1.54) is 5.39 Å². The molecule has 0 spiro atoms. The first kappa shape index (κ1) is 29.9. The largest absolute Gasteiger partial charge is 0.456 e. The number of hydrogen-bond acceptors (Lipinski definition) is 5. The van der Waals surface area contributed by atoms with Crippen molar-refractivity contribution < 1.29 is 13.3 Å². The molecule has 4 heterocycles. The second-order valence-corrected chi connectivity index (χ2v) is 13.9. The van der Waals surface area contributed by atoms with Crippen molar-refractivity contribution >= 4 is 93.8 Å². The fourth-order valence-electron chi connectivity index (χ4n) is 8.42. The molecule has 0 radical (unpaired) electrons. The molecular weight excluding hydrogens is 679 g/mol. The predicted octanol–water partition coefficient (Wildman–Crippen LogP) is 13.9. The Bertz CT molecular complexity index is 3440. The third kappa shape index (κ3) is 4.39. The highest BCUT2D eigenvalue weighted by Gasteiger charge is 2.26. The third-order valence-electron chi connectivity index (χ3n) is 10.8. The van der Waals surface area contributed by atoms with E-state index in [4.69, 9.17) is 18.2 Å². The summed E-state index contributed by atoms with van der Waals surface area (Å²) >= 11 is 0. The molecule has 0 aliphatic carbocycles. The molecule has 12 rings (SSSR count). The van der Waals surface area contributed by atoms with E-state index in [0.717, 1.165) is 94.1 Å². The molecule has 0 bridgehead atoms. The van der Waals surface area contributed by atoms with Crippen LogP contribution in [0, 0.1) is 0 Å². The highest BCUT2D eigenvalue weighted by molar-refractivity contribution is 6.19. The van der Waals surface area contributed by atoms with Crippen LogP contribution >= 0.6 is 0 Å². The van der Waals surface area contributed by atoms with Crippen LogP contribution in [0.2, 0.25) is 0 Å². The summed E-state index contributed by atoms with van der Waals surface area (Å²) in [6.07, 6.45) is 0. The minimum atomic E-state index is 0.576. The molecule has 8 aromatic carbocycles. The maximum Gasteiger partial charge on any atom is 0.227 e. The Morgan fingerprint density at radius 1 is 0.455 bits per heavy atom. The molecular formula is C49H29N3O3. The summed E-state index contributed by atoms with van der Waals surface area (Å²) in [4.78, 5) is 7.22. The lowest BCUT2D eigenvalue weighted by molar-refractivity contribution is 0.622. The van der Waals surface area contributed by atoms with Gasteiger partial charge in [0, 0.05) is 43.9 Å². The Morgan fingerprint density at radius 3 is 2.02 bits per heavy atom. The van der Waals surface area contributed by atoms with Gasteiger partial charge in [0.25, 0.3) is 0 Å². The van der Waals surface area contributed by atoms with E-state index in [1.54, 1.807) is 0 Å². The highest BCUT2D eigenvalue weighted by atomic mass is 16.4. The van der Waals surface area contributed by atoms with Crippen molar-refractivity contribution in [1.82, 2.24) is 9.55 Å². The minimum absolute atomic E-state index is 0.576. The van der Waals surface area contributed by atoms with Crippen LogP contribution < -0.4 is 4.90 Å². The highest BCUT2D eigenvalue weighted by Crippen LogP contribution is 2.48. The minimum Gasteiger partial charge on any atom is -0.456 e. The molecule has 0 atom stereocenters. The zero-order valence-corrected chi connectivity index (χ0v) is 29.3. The van der Waals surface area contributed by atoms with Gasteiger partial charge in [-0.2, -0.15) is 0 Å².